The van der Waals surface area contributed by atoms with Gasteiger partial charge in [0, 0.05) is 5.69 Å². The fraction of sp³-hybridized carbons (Fsp3) is 0.375. The molecule has 1 fully saturated rings. The first kappa shape index (κ1) is 19.1. The number of allylic oxidation sites excluding steroid dienone is 1. The number of amides is 1. The van der Waals surface area contributed by atoms with Gasteiger partial charge in [0.05, 0.1) is 17.5 Å². The van der Waals surface area contributed by atoms with E-state index in [-0.39, 0.29) is 11.3 Å². The molecule has 2 aromatic rings. The highest BCUT2D eigenvalue weighted by molar-refractivity contribution is 6.32. The second-order valence-electron chi connectivity index (χ2n) is 8.90. The number of benzene rings is 2. The maximum absolute atomic E-state index is 13.1. The smallest absolute Gasteiger partial charge is 0.235 e. The van der Waals surface area contributed by atoms with Crippen LogP contribution in [0.5, 0.6) is 5.75 Å². The molecule has 1 N–H and O–H groups in total. The minimum Gasteiger partial charge on any atom is -0.495 e. The van der Waals surface area contributed by atoms with Gasteiger partial charge in [-0.05, 0) is 65.6 Å². The molecule has 28 heavy (non-hydrogen) atoms. The van der Waals surface area contributed by atoms with Crippen molar-refractivity contribution in [2.45, 2.75) is 45.4 Å². The number of carbonyl (C=O) groups excluding carboxylic acids is 1. The van der Waals surface area contributed by atoms with E-state index in [9.17, 15) is 4.79 Å². The largest absolute Gasteiger partial charge is 0.495 e. The first-order valence-corrected chi connectivity index (χ1v) is 10.1. The van der Waals surface area contributed by atoms with E-state index < -0.39 is 5.41 Å². The zero-order chi connectivity index (χ0) is 20.1. The minimum absolute atomic E-state index is 0.0340. The molecule has 0 heterocycles. The molecule has 0 atom stereocenters. The monoisotopic (exact) mass is 395 g/mol. The second-order valence-corrected chi connectivity index (χ2v) is 9.30. The third kappa shape index (κ3) is 3.33. The van der Waals surface area contributed by atoms with Crippen LogP contribution in [0.1, 0.15) is 50.3 Å². The highest BCUT2D eigenvalue weighted by atomic mass is 35.5. The Morgan fingerprint density at radius 2 is 1.89 bits per heavy atom. The third-order valence-electron chi connectivity index (χ3n) is 5.97. The van der Waals surface area contributed by atoms with Crippen LogP contribution >= 0.6 is 11.6 Å². The van der Waals surface area contributed by atoms with Crippen LogP contribution in [0.25, 0.3) is 6.08 Å². The average molecular weight is 396 g/mol. The molecule has 0 aromatic heterocycles. The number of carbonyl (C=O) groups is 1. The van der Waals surface area contributed by atoms with Crippen molar-refractivity contribution in [2.75, 3.05) is 12.4 Å². The molecule has 146 valence electrons. The Balaban J connectivity index is 1.55. The van der Waals surface area contributed by atoms with Crippen LogP contribution in [0.4, 0.5) is 5.69 Å². The minimum atomic E-state index is -0.485. The maximum Gasteiger partial charge on any atom is 0.235 e. The molecule has 0 radical (unpaired) electrons. The van der Waals surface area contributed by atoms with Crippen LogP contribution in [0.3, 0.4) is 0 Å². The number of hydrogen-bond acceptors (Lipinski definition) is 2. The fourth-order valence-corrected chi connectivity index (χ4v) is 4.14. The van der Waals surface area contributed by atoms with Gasteiger partial charge >= 0.3 is 0 Å². The zero-order valence-electron chi connectivity index (χ0n) is 16.9. The highest BCUT2D eigenvalue weighted by Gasteiger charge is 2.51. The summed E-state index contributed by atoms with van der Waals surface area (Å²) in [6.45, 7) is 6.72. The maximum atomic E-state index is 13.1. The van der Waals surface area contributed by atoms with E-state index in [1.165, 1.54) is 16.7 Å². The van der Waals surface area contributed by atoms with E-state index >= 15 is 0 Å². The molecule has 1 saturated carbocycles. The van der Waals surface area contributed by atoms with E-state index in [1.807, 2.05) is 24.3 Å². The topological polar surface area (TPSA) is 38.3 Å². The highest BCUT2D eigenvalue weighted by Crippen LogP contribution is 2.50. The standard InChI is InChI=1S/C24H26ClNO2/c1-23(2,3)18-11-15-5-7-19(13-16(15)12-18)26-22(27)24(9-10-24)17-6-8-21(28-4)20(25)14-17/h5-8,12-14H,9-11H2,1-4H3,(H,26,27). The SMILES string of the molecule is COc1ccc(C2(C(=O)Nc3ccc4c(c3)C=C(C(C)(C)C)C4)CC2)cc1Cl. The summed E-state index contributed by atoms with van der Waals surface area (Å²) in [5.74, 6) is 0.661. The molecule has 0 spiro atoms. The summed E-state index contributed by atoms with van der Waals surface area (Å²) >= 11 is 6.28. The van der Waals surface area contributed by atoms with Crippen molar-refractivity contribution < 1.29 is 9.53 Å². The summed E-state index contributed by atoms with van der Waals surface area (Å²) in [7, 11) is 1.59. The van der Waals surface area contributed by atoms with Gasteiger partial charge in [0.2, 0.25) is 5.91 Å². The molecule has 0 aliphatic heterocycles. The van der Waals surface area contributed by atoms with Gasteiger partial charge in [0.15, 0.2) is 0 Å². The summed E-state index contributed by atoms with van der Waals surface area (Å²) in [6.07, 6.45) is 4.92. The Kier molecular flexibility index (Phi) is 4.54. The molecule has 0 saturated heterocycles. The summed E-state index contributed by atoms with van der Waals surface area (Å²) in [5, 5.41) is 3.67. The van der Waals surface area contributed by atoms with Crippen molar-refractivity contribution in [1.82, 2.24) is 0 Å². The van der Waals surface area contributed by atoms with Crippen molar-refractivity contribution in [3.63, 3.8) is 0 Å². The lowest BCUT2D eigenvalue weighted by molar-refractivity contribution is -0.118. The lowest BCUT2D eigenvalue weighted by Crippen LogP contribution is -2.27. The van der Waals surface area contributed by atoms with Gasteiger partial charge in [-0.2, -0.15) is 0 Å². The number of hydrogen-bond donors (Lipinski definition) is 1. The van der Waals surface area contributed by atoms with Gasteiger partial charge in [0.1, 0.15) is 5.75 Å². The number of anilines is 1. The summed E-state index contributed by atoms with van der Waals surface area (Å²) in [4.78, 5) is 13.1. The molecule has 4 rings (SSSR count). The van der Waals surface area contributed by atoms with E-state index in [1.54, 1.807) is 7.11 Å². The molecular weight excluding hydrogens is 370 g/mol. The first-order valence-electron chi connectivity index (χ1n) is 9.72. The van der Waals surface area contributed by atoms with E-state index in [2.05, 4.69) is 44.3 Å². The van der Waals surface area contributed by atoms with Gasteiger partial charge in [-0.25, -0.2) is 0 Å². The van der Waals surface area contributed by atoms with Crippen molar-refractivity contribution in [3.05, 3.63) is 63.7 Å². The number of methoxy groups -OCH3 is 1. The molecule has 3 nitrogen and oxygen atoms in total. The van der Waals surface area contributed by atoms with Gasteiger partial charge in [-0.15, -0.1) is 0 Å². The second kappa shape index (κ2) is 6.66. The lowest BCUT2D eigenvalue weighted by atomic mass is 9.85. The number of nitrogens with one attached hydrogen (secondary N) is 1. The Hall–Kier alpha value is -2.26. The molecule has 2 aliphatic rings. The molecular formula is C24H26ClNO2. The molecule has 0 bridgehead atoms. The molecule has 2 aromatic carbocycles. The summed E-state index contributed by atoms with van der Waals surface area (Å²) < 4.78 is 5.23. The molecule has 1 amide bonds. The lowest BCUT2D eigenvalue weighted by Gasteiger charge is -2.19. The van der Waals surface area contributed by atoms with Crippen LogP contribution in [-0.4, -0.2) is 13.0 Å². The van der Waals surface area contributed by atoms with Crippen LogP contribution in [0.15, 0.2) is 42.0 Å². The van der Waals surface area contributed by atoms with Gasteiger partial charge in [0.25, 0.3) is 0 Å². The van der Waals surface area contributed by atoms with Crippen molar-refractivity contribution in [1.29, 1.82) is 0 Å². The quantitative estimate of drug-likeness (QED) is 0.688. The first-order chi connectivity index (χ1) is 13.2. The van der Waals surface area contributed by atoms with E-state index in [4.69, 9.17) is 16.3 Å². The normalized spacial score (nSPS) is 17.0. The number of ether oxygens (including phenoxy) is 1. The molecule has 4 heteroatoms. The number of halogens is 1. The van der Waals surface area contributed by atoms with Crippen LogP contribution in [0.2, 0.25) is 5.02 Å². The molecule has 2 aliphatic carbocycles. The number of rotatable bonds is 4. The third-order valence-corrected chi connectivity index (χ3v) is 6.26. The van der Waals surface area contributed by atoms with E-state index in [0.717, 1.165) is 30.5 Å². The molecule has 0 unspecified atom stereocenters. The van der Waals surface area contributed by atoms with Gasteiger partial charge in [-0.3, -0.25) is 4.79 Å². The number of fused-ring (bicyclic) bond motifs is 1. The Morgan fingerprint density at radius 1 is 1.14 bits per heavy atom. The predicted molar refractivity (Wildman–Crippen MR) is 115 cm³/mol. The average Bonchev–Trinajstić information content (AvgIpc) is 3.34. The van der Waals surface area contributed by atoms with Gasteiger partial charge in [-0.1, -0.05) is 56.2 Å². The van der Waals surface area contributed by atoms with Crippen LogP contribution < -0.4 is 10.1 Å². The predicted octanol–water partition coefficient (Wildman–Crippen LogP) is 6.00. The van der Waals surface area contributed by atoms with Crippen molar-refractivity contribution in [2.24, 2.45) is 5.41 Å². The zero-order valence-corrected chi connectivity index (χ0v) is 17.6. The van der Waals surface area contributed by atoms with Crippen LogP contribution in [0, 0.1) is 5.41 Å². The Morgan fingerprint density at radius 3 is 2.50 bits per heavy atom. The fourth-order valence-electron chi connectivity index (χ4n) is 3.88. The van der Waals surface area contributed by atoms with E-state index in [0.29, 0.717) is 10.8 Å². The Labute approximate surface area is 171 Å². The summed E-state index contributed by atoms with van der Waals surface area (Å²) in [5.41, 5.74) is 5.44. The summed E-state index contributed by atoms with van der Waals surface area (Å²) in [6, 6.07) is 11.9. The van der Waals surface area contributed by atoms with Crippen molar-refractivity contribution >= 4 is 29.3 Å². The Bertz CT molecular complexity index is 981. The van der Waals surface area contributed by atoms with Gasteiger partial charge < -0.3 is 10.1 Å². The van der Waals surface area contributed by atoms with Crippen LogP contribution in [-0.2, 0) is 16.6 Å². The van der Waals surface area contributed by atoms with Crippen molar-refractivity contribution in [3.8, 4) is 5.75 Å².